The molecule has 64 heavy (non-hydrogen) atoms. The molecule has 0 aliphatic heterocycles. The van der Waals surface area contributed by atoms with Gasteiger partial charge in [0.05, 0.1) is 35.2 Å². The number of esters is 2. The Hall–Kier alpha value is -7.80. The average molecular weight is 859 g/mol. The van der Waals surface area contributed by atoms with E-state index in [2.05, 4.69) is 20.6 Å². The number of hydrogen-bond donors (Lipinski definition) is 2. The maximum absolute atomic E-state index is 15.0. The van der Waals surface area contributed by atoms with Crippen LogP contribution in [-0.4, -0.2) is 44.0 Å². The molecule has 8 rings (SSSR count). The molecule has 2 unspecified atom stereocenters. The van der Waals surface area contributed by atoms with Gasteiger partial charge in [-0.3, -0.25) is 0 Å². The van der Waals surface area contributed by atoms with Crippen molar-refractivity contribution in [1.82, 2.24) is 19.9 Å². The van der Waals surface area contributed by atoms with Crippen LogP contribution in [0.2, 0.25) is 0 Å². The van der Waals surface area contributed by atoms with Crippen LogP contribution in [0.25, 0.3) is 22.5 Å². The van der Waals surface area contributed by atoms with E-state index in [1.807, 2.05) is 73.7 Å². The minimum absolute atomic E-state index is 0.0155. The standard InChI is InChI=1S/C51H44F2N6O5/c1-3-37-23-24-39(63-37)29-45(59-49-43(26-34-15-8-5-9-16-34)57-47(31-55-49)40-19-10-11-20-41(40)53)51(61)64-50(60)44(28-38-22-21-32(2)62-38)58-48-42(25-33-13-6-4-7-14-33)56-46(30-54-48)35-17-12-18-36(52)27-35/h4-24,27,30-31,44-45H,3,25-26,28-29H2,1-2H3,(H,54,58)(H,55,59). The van der Waals surface area contributed by atoms with Crippen molar-refractivity contribution in [3.05, 3.63) is 203 Å². The number of carbonyl (C=O) groups excluding carboxylic acids is 2. The highest BCUT2D eigenvalue weighted by Crippen LogP contribution is 2.27. The Morgan fingerprint density at radius 3 is 1.73 bits per heavy atom. The zero-order valence-electron chi connectivity index (χ0n) is 35.1. The Morgan fingerprint density at radius 1 is 0.625 bits per heavy atom. The smallest absolute Gasteiger partial charge is 0.336 e. The fraction of sp³-hybridized carbons (Fsp3) is 0.176. The number of nitrogens with zero attached hydrogens (tertiary/aromatic N) is 4. The first kappa shape index (κ1) is 42.9. The molecule has 4 heterocycles. The molecule has 13 heteroatoms. The summed E-state index contributed by atoms with van der Waals surface area (Å²) in [5.41, 5.74) is 4.27. The molecule has 0 saturated carbocycles. The Balaban J connectivity index is 1.12. The number of aromatic nitrogens is 4. The third kappa shape index (κ3) is 10.8. The molecule has 322 valence electrons. The number of ether oxygens (including phenoxy) is 1. The van der Waals surface area contributed by atoms with Crippen LogP contribution in [0, 0.1) is 18.6 Å². The van der Waals surface area contributed by atoms with Gasteiger partial charge in [-0.25, -0.2) is 38.3 Å². The van der Waals surface area contributed by atoms with Crippen LogP contribution in [0.5, 0.6) is 0 Å². The predicted octanol–water partition coefficient (Wildman–Crippen LogP) is 9.93. The molecule has 0 saturated heterocycles. The van der Waals surface area contributed by atoms with Crippen LogP contribution in [0.4, 0.5) is 20.4 Å². The zero-order valence-corrected chi connectivity index (χ0v) is 35.1. The summed E-state index contributed by atoms with van der Waals surface area (Å²) in [4.78, 5) is 47.9. The van der Waals surface area contributed by atoms with Gasteiger partial charge in [0, 0.05) is 43.2 Å². The molecular formula is C51H44F2N6O5. The number of anilines is 2. The highest BCUT2D eigenvalue weighted by atomic mass is 19.1. The number of aryl methyl sites for hydroxylation is 2. The van der Waals surface area contributed by atoms with Gasteiger partial charge >= 0.3 is 11.9 Å². The normalized spacial score (nSPS) is 12.1. The van der Waals surface area contributed by atoms with E-state index in [4.69, 9.17) is 23.5 Å². The molecule has 0 amide bonds. The van der Waals surface area contributed by atoms with Gasteiger partial charge in [0.2, 0.25) is 0 Å². The molecule has 0 radical (unpaired) electrons. The second-order valence-corrected chi connectivity index (χ2v) is 15.2. The van der Waals surface area contributed by atoms with Crippen molar-refractivity contribution >= 4 is 23.6 Å². The predicted molar refractivity (Wildman–Crippen MR) is 238 cm³/mol. The molecule has 8 aromatic rings. The molecular weight excluding hydrogens is 815 g/mol. The average Bonchev–Trinajstić information content (AvgIpc) is 3.95. The van der Waals surface area contributed by atoms with Crippen LogP contribution in [-0.2, 0) is 46.4 Å². The fourth-order valence-corrected chi connectivity index (χ4v) is 7.18. The topological polar surface area (TPSA) is 145 Å². The largest absolute Gasteiger partial charge is 0.466 e. The summed E-state index contributed by atoms with van der Waals surface area (Å²) in [6.45, 7) is 3.74. The Bertz CT molecular complexity index is 2870. The van der Waals surface area contributed by atoms with Crippen LogP contribution in [0.1, 0.15) is 52.5 Å². The number of benzene rings is 4. The molecule has 0 aliphatic carbocycles. The van der Waals surface area contributed by atoms with Crippen molar-refractivity contribution in [3.8, 4) is 22.5 Å². The molecule has 0 fully saturated rings. The highest BCUT2D eigenvalue weighted by molar-refractivity contribution is 5.93. The van der Waals surface area contributed by atoms with E-state index in [9.17, 15) is 18.4 Å². The number of hydrogen-bond acceptors (Lipinski definition) is 11. The van der Waals surface area contributed by atoms with Gasteiger partial charge in [0.15, 0.2) is 0 Å². The van der Waals surface area contributed by atoms with Crippen LogP contribution in [0.15, 0.2) is 155 Å². The lowest BCUT2D eigenvalue weighted by molar-refractivity contribution is -0.160. The summed E-state index contributed by atoms with van der Waals surface area (Å²) in [6, 6.07) is 36.2. The Labute approximate surface area is 368 Å². The molecule has 2 N–H and O–H groups in total. The second kappa shape index (κ2) is 19.9. The summed E-state index contributed by atoms with van der Waals surface area (Å²) in [6.07, 6.45) is 4.13. The van der Waals surface area contributed by atoms with Crippen LogP contribution in [0.3, 0.4) is 0 Å². The van der Waals surface area contributed by atoms with E-state index < -0.39 is 35.7 Å². The molecule has 11 nitrogen and oxygen atoms in total. The monoisotopic (exact) mass is 858 g/mol. The van der Waals surface area contributed by atoms with Gasteiger partial charge in [0.1, 0.15) is 58.4 Å². The van der Waals surface area contributed by atoms with Gasteiger partial charge in [-0.15, -0.1) is 0 Å². The zero-order chi connectivity index (χ0) is 44.4. The van der Waals surface area contributed by atoms with E-state index in [-0.39, 0.29) is 30.0 Å². The molecule has 2 atom stereocenters. The van der Waals surface area contributed by atoms with Gasteiger partial charge in [-0.1, -0.05) is 91.9 Å². The van der Waals surface area contributed by atoms with Crippen molar-refractivity contribution < 1.29 is 31.9 Å². The van der Waals surface area contributed by atoms with Crippen molar-refractivity contribution in [2.75, 3.05) is 10.6 Å². The van der Waals surface area contributed by atoms with Crippen molar-refractivity contribution in [1.29, 1.82) is 0 Å². The first-order chi connectivity index (χ1) is 31.2. The van der Waals surface area contributed by atoms with E-state index in [1.54, 1.807) is 55.5 Å². The molecule has 0 bridgehead atoms. The Morgan fingerprint density at radius 2 is 1.17 bits per heavy atom. The third-order valence-electron chi connectivity index (χ3n) is 10.5. The lowest BCUT2D eigenvalue weighted by Crippen LogP contribution is -2.41. The SMILES string of the molecule is CCc1ccc(CC(Nc2ncc(-c3ccccc3F)nc2Cc2ccccc2)C(=O)OC(=O)C(Cc2ccc(C)o2)Nc2ncc(-c3cccc(F)c3)nc2Cc2ccccc2)o1. The number of carbonyl (C=O) groups is 2. The quantitative estimate of drug-likeness (QED) is 0.0667. The van der Waals surface area contributed by atoms with Crippen LogP contribution < -0.4 is 10.6 Å². The molecule has 4 aromatic heterocycles. The number of rotatable bonds is 17. The number of furan rings is 2. The minimum atomic E-state index is -1.20. The van der Waals surface area contributed by atoms with Gasteiger partial charge in [-0.2, -0.15) is 0 Å². The van der Waals surface area contributed by atoms with E-state index >= 15 is 0 Å². The van der Waals surface area contributed by atoms with Crippen molar-refractivity contribution in [3.63, 3.8) is 0 Å². The minimum Gasteiger partial charge on any atom is -0.466 e. The number of nitrogens with one attached hydrogen (secondary N) is 2. The van der Waals surface area contributed by atoms with Gasteiger partial charge < -0.3 is 24.2 Å². The summed E-state index contributed by atoms with van der Waals surface area (Å²) in [5.74, 6) is 0.0706. The highest BCUT2D eigenvalue weighted by Gasteiger charge is 2.32. The fourth-order valence-electron chi connectivity index (χ4n) is 7.18. The van der Waals surface area contributed by atoms with Gasteiger partial charge in [-0.05, 0) is 66.6 Å². The van der Waals surface area contributed by atoms with Crippen molar-refractivity contribution in [2.24, 2.45) is 0 Å². The third-order valence-corrected chi connectivity index (χ3v) is 10.5. The summed E-state index contributed by atoms with van der Waals surface area (Å²) in [7, 11) is 0. The Kier molecular flexibility index (Phi) is 13.4. The van der Waals surface area contributed by atoms with Crippen LogP contribution >= 0.6 is 0 Å². The maximum Gasteiger partial charge on any atom is 0.336 e. The van der Waals surface area contributed by atoms with E-state index in [0.717, 1.165) is 11.1 Å². The van der Waals surface area contributed by atoms with Gasteiger partial charge in [0.25, 0.3) is 0 Å². The molecule has 4 aromatic carbocycles. The lowest BCUT2D eigenvalue weighted by atomic mass is 10.1. The molecule has 0 spiro atoms. The van der Waals surface area contributed by atoms with E-state index in [0.29, 0.717) is 70.6 Å². The summed E-state index contributed by atoms with van der Waals surface area (Å²) in [5, 5.41) is 6.41. The van der Waals surface area contributed by atoms with Crippen molar-refractivity contribution in [2.45, 2.75) is 58.0 Å². The summed E-state index contributed by atoms with van der Waals surface area (Å²) >= 11 is 0. The first-order valence-corrected chi connectivity index (χ1v) is 20.9. The molecule has 0 aliphatic rings. The van der Waals surface area contributed by atoms with E-state index in [1.165, 1.54) is 30.6 Å². The lowest BCUT2D eigenvalue weighted by Gasteiger charge is -2.22. The number of halogens is 2. The summed E-state index contributed by atoms with van der Waals surface area (Å²) < 4.78 is 46.9. The first-order valence-electron chi connectivity index (χ1n) is 20.9. The second-order valence-electron chi connectivity index (χ2n) is 15.2. The maximum atomic E-state index is 15.0.